The highest BCUT2D eigenvalue weighted by atomic mass is 32.2. The first-order valence-corrected chi connectivity index (χ1v) is 10.8. The average Bonchev–Trinajstić information content (AvgIpc) is 3.10. The van der Waals surface area contributed by atoms with Crippen molar-refractivity contribution in [2.24, 2.45) is 5.92 Å². The van der Waals surface area contributed by atoms with Crippen molar-refractivity contribution in [1.29, 1.82) is 0 Å². The fourth-order valence-electron chi connectivity index (χ4n) is 3.00. The Morgan fingerprint density at radius 1 is 1.25 bits per heavy atom. The van der Waals surface area contributed by atoms with Gasteiger partial charge in [0.2, 0.25) is 11.7 Å². The van der Waals surface area contributed by atoms with E-state index in [0.717, 1.165) is 24.8 Å². The summed E-state index contributed by atoms with van der Waals surface area (Å²) in [6.45, 7) is 7.63. The van der Waals surface area contributed by atoms with Crippen LogP contribution in [0.1, 0.15) is 40.0 Å². The van der Waals surface area contributed by atoms with Crippen LogP contribution in [0.25, 0.3) is 16.7 Å². The van der Waals surface area contributed by atoms with Gasteiger partial charge in [-0.25, -0.2) is 0 Å². The van der Waals surface area contributed by atoms with Crippen molar-refractivity contribution >= 4 is 34.3 Å². The number of para-hydroxylation sites is 1. The van der Waals surface area contributed by atoms with E-state index in [1.165, 1.54) is 11.8 Å². The number of benzene rings is 1. The Morgan fingerprint density at radius 3 is 2.79 bits per heavy atom. The SMILES string of the molecule is CCCCNC(=O)CSc1nnc2n(CCC(C)C)c(=O)c3ccccc3n12. The lowest BCUT2D eigenvalue weighted by Crippen LogP contribution is -2.26. The molecule has 0 bridgehead atoms. The normalized spacial score (nSPS) is 11.6. The van der Waals surface area contributed by atoms with Gasteiger partial charge in [0.05, 0.1) is 16.7 Å². The van der Waals surface area contributed by atoms with Crippen molar-refractivity contribution in [2.75, 3.05) is 12.3 Å². The summed E-state index contributed by atoms with van der Waals surface area (Å²) >= 11 is 1.34. The molecule has 28 heavy (non-hydrogen) atoms. The summed E-state index contributed by atoms with van der Waals surface area (Å²) in [7, 11) is 0. The molecular formula is C20H27N5O2S. The summed E-state index contributed by atoms with van der Waals surface area (Å²) in [6, 6.07) is 7.48. The minimum Gasteiger partial charge on any atom is -0.355 e. The van der Waals surface area contributed by atoms with Crippen LogP contribution >= 0.6 is 11.8 Å². The lowest BCUT2D eigenvalue weighted by Gasteiger charge is -2.12. The van der Waals surface area contributed by atoms with Gasteiger partial charge in [0, 0.05) is 13.1 Å². The molecule has 0 unspecified atom stereocenters. The van der Waals surface area contributed by atoms with Crippen LogP contribution in [0.15, 0.2) is 34.2 Å². The number of rotatable bonds is 9. The number of fused-ring (bicyclic) bond motifs is 3. The molecule has 0 fully saturated rings. The van der Waals surface area contributed by atoms with Crippen LogP contribution in [0.2, 0.25) is 0 Å². The minimum atomic E-state index is -0.0509. The predicted octanol–water partition coefficient (Wildman–Crippen LogP) is 3.10. The van der Waals surface area contributed by atoms with Crippen LogP contribution in [0.4, 0.5) is 0 Å². The van der Waals surface area contributed by atoms with Crippen molar-refractivity contribution in [3.8, 4) is 0 Å². The van der Waals surface area contributed by atoms with Crippen molar-refractivity contribution in [3.63, 3.8) is 0 Å². The lowest BCUT2D eigenvalue weighted by molar-refractivity contribution is -0.118. The molecule has 0 saturated heterocycles. The Hall–Kier alpha value is -2.35. The summed E-state index contributed by atoms with van der Waals surface area (Å²) < 4.78 is 3.59. The number of aryl methyl sites for hydroxylation is 1. The average molecular weight is 402 g/mol. The molecule has 2 heterocycles. The smallest absolute Gasteiger partial charge is 0.262 e. The molecule has 150 valence electrons. The number of hydrogen-bond acceptors (Lipinski definition) is 5. The van der Waals surface area contributed by atoms with E-state index >= 15 is 0 Å². The van der Waals surface area contributed by atoms with E-state index in [-0.39, 0.29) is 17.2 Å². The largest absolute Gasteiger partial charge is 0.355 e. The van der Waals surface area contributed by atoms with Gasteiger partial charge in [-0.1, -0.05) is 51.1 Å². The highest BCUT2D eigenvalue weighted by Gasteiger charge is 2.17. The van der Waals surface area contributed by atoms with Gasteiger partial charge in [-0.2, -0.15) is 0 Å². The zero-order valence-corrected chi connectivity index (χ0v) is 17.5. The second kappa shape index (κ2) is 9.23. The third kappa shape index (κ3) is 4.38. The molecule has 8 heteroatoms. The molecule has 0 aliphatic rings. The minimum absolute atomic E-state index is 0.0207. The van der Waals surface area contributed by atoms with Crippen LogP contribution in [-0.2, 0) is 11.3 Å². The van der Waals surface area contributed by atoms with Gasteiger partial charge in [0.15, 0.2) is 5.16 Å². The van der Waals surface area contributed by atoms with E-state index < -0.39 is 0 Å². The topological polar surface area (TPSA) is 81.3 Å². The van der Waals surface area contributed by atoms with E-state index in [1.54, 1.807) is 4.57 Å². The lowest BCUT2D eigenvalue weighted by atomic mass is 10.1. The molecule has 7 nitrogen and oxygen atoms in total. The molecule has 1 N–H and O–H groups in total. The fraction of sp³-hybridized carbons (Fsp3) is 0.500. The van der Waals surface area contributed by atoms with Gasteiger partial charge in [0.1, 0.15) is 0 Å². The van der Waals surface area contributed by atoms with Crippen molar-refractivity contribution in [2.45, 2.75) is 51.7 Å². The third-order valence-corrected chi connectivity index (χ3v) is 5.52. The van der Waals surface area contributed by atoms with Crippen molar-refractivity contribution in [3.05, 3.63) is 34.6 Å². The molecule has 1 aromatic carbocycles. The predicted molar refractivity (Wildman–Crippen MR) is 113 cm³/mol. The molecule has 1 amide bonds. The van der Waals surface area contributed by atoms with E-state index in [9.17, 15) is 9.59 Å². The number of carbonyl (C=O) groups is 1. The molecule has 0 aliphatic heterocycles. The Balaban J connectivity index is 1.97. The third-order valence-electron chi connectivity index (χ3n) is 4.59. The van der Waals surface area contributed by atoms with Crippen LogP contribution in [-0.4, -0.2) is 37.4 Å². The first kappa shape index (κ1) is 20.4. The second-order valence-electron chi connectivity index (χ2n) is 7.27. The number of aromatic nitrogens is 4. The number of nitrogens with one attached hydrogen (secondary N) is 1. The molecule has 2 aromatic heterocycles. The van der Waals surface area contributed by atoms with Gasteiger partial charge < -0.3 is 5.32 Å². The van der Waals surface area contributed by atoms with E-state index in [0.29, 0.717) is 35.3 Å². The number of nitrogens with zero attached hydrogens (tertiary/aromatic N) is 4. The summed E-state index contributed by atoms with van der Waals surface area (Å²) in [5.41, 5.74) is 0.715. The maximum absolute atomic E-state index is 13.0. The molecule has 0 saturated carbocycles. The summed E-state index contributed by atoms with van der Waals surface area (Å²) in [5.74, 6) is 1.25. The molecular weight excluding hydrogens is 374 g/mol. The van der Waals surface area contributed by atoms with Gasteiger partial charge in [-0.3, -0.25) is 18.6 Å². The van der Waals surface area contributed by atoms with Crippen LogP contribution in [0.5, 0.6) is 0 Å². The Labute approximate surface area is 168 Å². The van der Waals surface area contributed by atoms with Crippen molar-refractivity contribution < 1.29 is 4.79 Å². The highest BCUT2D eigenvalue weighted by Crippen LogP contribution is 2.21. The number of amides is 1. The summed E-state index contributed by atoms with van der Waals surface area (Å²) in [4.78, 5) is 25.1. The quantitative estimate of drug-likeness (QED) is 0.440. The number of thioether (sulfide) groups is 1. The standard InChI is InChI=1S/C20H27N5O2S/c1-4-5-11-21-17(26)13-28-20-23-22-19-24(12-10-14(2)3)18(27)15-8-6-7-9-16(15)25(19)20/h6-9,14H,4-5,10-13H2,1-3H3,(H,21,26). The number of carbonyl (C=O) groups excluding carboxylic acids is 1. The maximum atomic E-state index is 13.0. The molecule has 0 radical (unpaired) electrons. The van der Waals surface area contributed by atoms with Gasteiger partial charge in [0.25, 0.3) is 5.56 Å². The molecule has 3 rings (SSSR count). The first-order chi connectivity index (χ1) is 13.5. The van der Waals surface area contributed by atoms with Gasteiger partial charge in [-0.15, -0.1) is 10.2 Å². The van der Waals surface area contributed by atoms with E-state index in [4.69, 9.17) is 0 Å². The zero-order valence-electron chi connectivity index (χ0n) is 16.6. The van der Waals surface area contributed by atoms with Gasteiger partial charge >= 0.3 is 0 Å². The second-order valence-corrected chi connectivity index (χ2v) is 8.21. The number of hydrogen-bond donors (Lipinski definition) is 1. The fourth-order valence-corrected chi connectivity index (χ4v) is 3.77. The van der Waals surface area contributed by atoms with Crippen molar-refractivity contribution in [1.82, 2.24) is 24.5 Å². The summed E-state index contributed by atoms with van der Waals surface area (Å²) in [6.07, 6.45) is 2.89. The van der Waals surface area contributed by atoms with Crippen LogP contribution < -0.4 is 10.9 Å². The molecule has 0 spiro atoms. The van der Waals surface area contributed by atoms with Crippen LogP contribution in [0, 0.1) is 5.92 Å². The Bertz CT molecular complexity index is 1020. The molecule has 3 aromatic rings. The Kier molecular flexibility index (Phi) is 6.72. The Morgan fingerprint density at radius 2 is 2.04 bits per heavy atom. The monoisotopic (exact) mass is 401 g/mol. The summed E-state index contributed by atoms with van der Waals surface area (Å²) in [5, 5.41) is 12.7. The highest BCUT2D eigenvalue weighted by molar-refractivity contribution is 7.99. The van der Waals surface area contributed by atoms with E-state index in [2.05, 4.69) is 36.3 Å². The van der Waals surface area contributed by atoms with Crippen LogP contribution in [0.3, 0.4) is 0 Å². The maximum Gasteiger partial charge on any atom is 0.262 e. The van der Waals surface area contributed by atoms with Gasteiger partial charge in [-0.05, 0) is 30.9 Å². The molecule has 0 atom stereocenters. The molecule has 0 aliphatic carbocycles. The number of unbranched alkanes of at least 4 members (excludes halogenated alkanes) is 1. The van der Waals surface area contributed by atoms with E-state index in [1.807, 2.05) is 28.7 Å². The zero-order chi connectivity index (χ0) is 20.1. The first-order valence-electron chi connectivity index (χ1n) is 9.79.